The molecule has 146 valence electrons. The summed E-state index contributed by atoms with van der Waals surface area (Å²) >= 11 is 0. The van der Waals surface area contributed by atoms with E-state index in [9.17, 15) is 26.4 Å². The Kier molecular flexibility index (Phi) is 6.15. The molecule has 0 spiro atoms. The summed E-state index contributed by atoms with van der Waals surface area (Å²) in [5, 5.41) is 0. The van der Waals surface area contributed by atoms with Crippen LogP contribution in [0, 0.1) is 6.92 Å². The van der Waals surface area contributed by atoms with E-state index >= 15 is 0 Å². The maximum atomic E-state index is 13.0. The number of esters is 1. The second-order valence-corrected chi connectivity index (χ2v) is 7.54. The van der Waals surface area contributed by atoms with Gasteiger partial charge < -0.3 is 4.74 Å². The van der Waals surface area contributed by atoms with Gasteiger partial charge in [0, 0.05) is 0 Å². The van der Waals surface area contributed by atoms with Crippen LogP contribution in [0.3, 0.4) is 0 Å². The summed E-state index contributed by atoms with van der Waals surface area (Å²) in [7, 11) is -4.28. The smallest absolute Gasteiger partial charge is 0.416 e. The Morgan fingerprint density at radius 3 is 2.30 bits per heavy atom. The number of hydrogen-bond donors (Lipinski definition) is 0. The van der Waals surface area contributed by atoms with Gasteiger partial charge in [-0.2, -0.15) is 13.2 Å². The van der Waals surface area contributed by atoms with Gasteiger partial charge in [-0.3, -0.25) is 9.10 Å². The van der Waals surface area contributed by atoms with Crippen LogP contribution in [0.5, 0.6) is 0 Å². The molecule has 9 heteroatoms. The number of sulfonamides is 1. The number of benzene rings is 2. The quantitative estimate of drug-likeness (QED) is 0.692. The molecule has 0 unspecified atom stereocenters. The first-order valence-corrected chi connectivity index (χ1v) is 9.42. The predicted octanol–water partition coefficient (Wildman–Crippen LogP) is 3.77. The van der Waals surface area contributed by atoms with E-state index < -0.39 is 34.3 Å². The highest BCUT2D eigenvalue weighted by atomic mass is 32.2. The van der Waals surface area contributed by atoms with Gasteiger partial charge >= 0.3 is 12.1 Å². The molecule has 0 N–H and O–H groups in total. The molecule has 0 atom stereocenters. The first-order valence-electron chi connectivity index (χ1n) is 7.98. The van der Waals surface area contributed by atoms with E-state index in [0.29, 0.717) is 10.4 Å². The monoisotopic (exact) mass is 401 g/mol. The number of hydrogen-bond acceptors (Lipinski definition) is 4. The normalized spacial score (nSPS) is 11.9. The summed E-state index contributed by atoms with van der Waals surface area (Å²) in [6, 6.07) is 9.56. The fourth-order valence-electron chi connectivity index (χ4n) is 2.31. The minimum atomic E-state index is -4.65. The Bertz CT molecular complexity index is 909. The lowest BCUT2D eigenvalue weighted by Crippen LogP contribution is -2.36. The summed E-state index contributed by atoms with van der Waals surface area (Å²) in [5.74, 6) is -0.870. The van der Waals surface area contributed by atoms with Crippen molar-refractivity contribution in [2.45, 2.75) is 24.9 Å². The van der Waals surface area contributed by atoms with Crippen molar-refractivity contribution in [3.05, 3.63) is 59.7 Å². The Balaban J connectivity index is 2.55. The number of carbonyl (C=O) groups excluding carboxylic acids is 1. The van der Waals surface area contributed by atoms with Crippen LogP contribution in [0.2, 0.25) is 0 Å². The van der Waals surface area contributed by atoms with Crippen LogP contribution < -0.4 is 4.31 Å². The van der Waals surface area contributed by atoms with Crippen molar-refractivity contribution >= 4 is 21.7 Å². The number of ether oxygens (including phenoxy) is 1. The maximum absolute atomic E-state index is 13.0. The molecule has 0 heterocycles. The van der Waals surface area contributed by atoms with Gasteiger partial charge in [0.05, 0.1) is 22.8 Å². The zero-order chi connectivity index (χ0) is 20.2. The van der Waals surface area contributed by atoms with Crippen LogP contribution in [-0.2, 0) is 25.7 Å². The van der Waals surface area contributed by atoms with Crippen LogP contribution in [0.4, 0.5) is 18.9 Å². The van der Waals surface area contributed by atoms with E-state index in [1.165, 1.54) is 18.2 Å². The highest BCUT2D eigenvalue weighted by molar-refractivity contribution is 7.92. The van der Waals surface area contributed by atoms with Crippen molar-refractivity contribution in [3.8, 4) is 0 Å². The predicted molar refractivity (Wildman–Crippen MR) is 93.8 cm³/mol. The lowest BCUT2D eigenvalue weighted by atomic mass is 10.2. The van der Waals surface area contributed by atoms with Crippen molar-refractivity contribution < 1.29 is 31.1 Å². The molecule has 0 amide bonds. The van der Waals surface area contributed by atoms with Crippen molar-refractivity contribution in [1.29, 1.82) is 0 Å². The average Bonchev–Trinajstić information content (AvgIpc) is 2.59. The first-order chi connectivity index (χ1) is 12.6. The molecule has 5 nitrogen and oxygen atoms in total. The molecule has 0 aliphatic rings. The maximum Gasteiger partial charge on any atom is 0.416 e. The van der Waals surface area contributed by atoms with Gasteiger partial charge in [0.2, 0.25) is 0 Å². The van der Waals surface area contributed by atoms with Gasteiger partial charge in [-0.25, -0.2) is 8.42 Å². The molecule has 0 saturated heterocycles. The van der Waals surface area contributed by atoms with Gasteiger partial charge in [0.1, 0.15) is 6.54 Å². The summed E-state index contributed by atoms with van der Waals surface area (Å²) in [5.41, 5.74) is -0.489. The van der Waals surface area contributed by atoms with E-state index in [1.54, 1.807) is 26.0 Å². The molecule has 27 heavy (non-hydrogen) atoms. The summed E-state index contributed by atoms with van der Waals surface area (Å²) in [6.07, 6.45) is -4.65. The Morgan fingerprint density at radius 2 is 1.74 bits per heavy atom. The van der Waals surface area contributed by atoms with Crippen LogP contribution in [0.25, 0.3) is 0 Å². The van der Waals surface area contributed by atoms with Gasteiger partial charge in [-0.15, -0.1) is 0 Å². The number of rotatable bonds is 6. The largest absolute Gasteiger partial charge is 0.465 e. The van der Waals surface area contributed by atoms with Crippen LogP contribution in [-0.4, -0.2) is 27.5 Å². The summed E-state index contributed by atoms with van der Waals surface area (Å²) in [6.45, 7) is 2.58. The number of carbonyl (C=O) groups is 1. The second-order valence-electron chi connectivity index (χ2n) is 5.68. The minimum absolute atomic E-state index is 0.0137. The van der Waals surface area contributed by atoms with E-state index in [2.05, 4.69) is 0 Å². The third-order valence-electron chi connectivity index (χ3n) is 3.65. The lowest BCUT2D eigenvalue weighted by Gasteiger charge is -2.24. The van der Waals surface area contributed by atoms with Gasteiger partial charge in [-0.1, -0.05) is 23.8 Å². The molecule has 0 radical (unpaired) electrons. The number of anilines is 1. The molecule has 0 bridgehead atoms. The first kappa shape index (κ1) is 20.8. The van der Waals surface area contributed by atoms with Crippen molar-refractivity contribution in [2.24, 2.45) is 0 Å². The highest BCUT2D eigenvalue weighted by Gasteiger charge is 2.33. The standard InChI is InChI=1S/C18H18F3NO4S/c1-3-26-17(23)12-22(15-6-4-5-14(11-15)18(19,20)21)27(24,25)16-9-7-13(2)8-10-16/h4-11H,3,12H2,1-2H3. The van der Waals surface area contributed by atoms with Crippen LogP contribution in [0.15, 0.2) is 53.4 Å². The molecule has 0 fully saturated rings. The third-order valence-corrected chi connectivity index (χ3v) is 5.44. The number of halogens is 3. The number of alkyl halides is 3. The van der Waals surface area contributed by atoms with Crippen molar-refractivity contribution in [2.75, 3.05) is 17.5 Å². The zero-order valence-corrected chi connectivity index (χ0v) is 15.5. The number of aryl methyl sites for hydroxylation is 1. The molecule has 0 aliphatic heterocycles. The lowest BCUT2D eigenvalue weighted by molar-refractivity contribution is -0.141. The van der Waals surface area contributed by atoms with E-state index in [0.717, 1.165) is 17.7 Å². The van der Waals surface area contributed by atoms with Gasteiger partial charge in [-0.05, 0) is 44.2 Å². The Morgan fingerprint density at radius 1 is 1.11 bits per heavy atom. The fourth-order valence-corrected chi connectivity index (χ4v) is 3.71. The molecule has 0 saturated carbocycles. The second kappa shape index (κ2) is 7.99. The topological polar surface area (TPSA) is 63.7 Å². The molecule has 0 aliphatic carbocycles. The highest BCUT2D eigenvalue weighted by Crippen LogP contribution is 2.33. The average molecular weight is 401 g/mol. The van der Waals surface area contributed by atoms with Crippen molar-refractivity contribution in [1.82, 2.24) is 0 Å². The van der Waals surface area contributed by atoms with Crippen LogP contribution >= 0.6 is 0 Å². The SMILES string of the molecule is CCOC(=O)CN(c1cccc(C(F)(F)F)c1)S(=O)(=O)c1ccc(C)cc1. The molecule has 2 aromatic carbocycles. The van der Waals surface area contributed by atoms with Crippen LogP contribution in [0.1, 0.15) is 18.1 Å². The Hall–Kier alpha value is -2.55. The summed E-state index contributed by atoms with van der Waals surface area (Å²) in [4.78, 5) is 11.7. The fraction of sp³-hybridized carbons (Fsp3) is 0.278. The summed E-state index contributed by atoms with van der Waals surface area (Å²) < 4.78 is 70.4. The molecule has 2 rings (SSSR count). The number of nitrogens with zero attached hydrogens (tertiary/aromatic N) is 1. The van der Waals surface area contributed by atoms with Gasteiger partial charge in [0.25, 0.3) is 10.0 Å². The molecular weight excluding hydrogens is 383 g/mol. The Labute approximate surface area is 155 Å². The van der Waals surface area contributed by atoms with E-state index in [1.807, 2.05) is 0 Å². The molecular formula is C18H18F3NO4S. The zero-order valence-electron chi connectivity index (χ0n) is 14.7. The van der Waals surface area contributed by atoms with E-state index in [-0.39, 0.29) is 17.2 Å². The molecule has 0 aromatic heterocycles. The van der Waals surface area contributed by atoms with Crippen molar-refractivity contribution in [3.63, 3.8) is 0 Å². The van der Waals surface area contributed by atoms with Gasteiger partial charge in [0.15, 0.2) is 0 Å². The minimum Gasteiger partial charge on any atom is -0.465 e. The third kappa shape index (κ3) is 5.00. The van der Waals surface area contributed by atoms with E-state index in [4.69, 9.17) is 4.74 Å². The molecule has 2 aromatic rings.